The number of benzene rings is 7. The molecule has 7 aromatic carbocycles. The van der Waals surface area contributed by atoms with Crippen molar-refractivity contribution in [2.75, 3.05) is 4.90 Å². The molecule has 4 nitrogen and oxygen atoms in total. The Balaban J connectivity index is 1.43. The van der Waals surface area contributed by atoms with Gasteiger partial charge in [-0.2, -0.15) is 10.5 Å². The first-order chi connectivity index (χ1) is 27.5. The van der Waals surface area contributed by atoms with Crippen LogP contribution in [0.5, 0.6) is 0 Å². The Kier molecular flexibility index (Phi) is 9.95. The van der Waals surface area contributed by atoms with Gasteiger partial charge in [0.05, 0.1) is 28.7 Å². The van der Waals surface area contributed by atoms with Gasteiger partial charge in [-0.05, 0) is 125 Å². The minimum Gasteiger partial charge on any atom is -0.311 e. The fourth-order valence-corrected chi connectivity index (χ4v) is 7.42. The Hall–Kier alpha value is -7.66. The first-order valence-corrected chi connectivity index (χ1v) is 18.7. The molecule has 8 aromatic rings. The lowest BCUT2D eigenvalue weighted by Gasteiger charge is -2.27. The van der Waals surface area contributed by atoms with E-state index in [1.165, 1.54) is 0 Å². The van der Waals surface area contributed by atoms with E-state index >= 15 is 0 Å². The smallest absolute Gasteiger partial charge is 0.0991 e. The summed E-state index contributed by atoms with van der Waals surface area (Å²) < 4.78 is 2.29. The lowest BCUT2D eigenvalue weighted by atomic mass is 9.93. The van der Waals surface area contributed by atoms with Crippen LogP contribution in [0.25, 0.3) is 60.9 Å². The zero-order valence-corrected chi connectivity index (χ0v) is 31.1. The summed E-state index contributed by atoms with van der Waals surface area (Å²) in [6.45, 7) is 6.58. The van der Waals surface area contributed by atoms with Crippen LogP contribution >= 0.6 is 0 Å². The van der Waals surface area contributed by atoms with Crippen molar-refractivity contribution in [1.29, 1.82) is 10.5 Å². The first-order valence-electron chi connectivity index (χ1n) is 18.7. The quantitative estimate of drug-likeness (QED) is 0.104. The van der Waals surface area contributed by atoms with E-state index < -0.39 is 0 Å². The van der Waals surface area contributed by atoms with Crippen LogP contribution in [0, 0.1) is 22.7 Å². The van der Waals surface area contributed by atoms with Gasteiger partial charge in [0.15, 0.2) is 0 Å². The summed E-state index contributed by atoms with van der Waals surface area (Å²) in [6.07, 6.45) is 6.42. The summed E-state index contributed by atoms with van der Waals surface area (Å²) in [6, 6.07) is 63.6. The Morgan fingerprint density at radius 3 is 1.77 bits per heavy atom. The number of allylic oxidation sites excluding steroid dienone is 4. The molecule has 0 aliphatic heterocycles. The molecule has 0 saturated carbocycles. The zero-order chi connectivity index (χ0) is 38.4. The number of para-hydroxylation sites is 2. The van der Waals surface area contributed by atoms with E-state index in [1.807, 2.05) is 79.7 Å². The van der Waals surface area contributed by atoms with Crippen LogP contribution in [0.4, 0.5) is 11.4 Å². The predicted molar refractivity (Wildman–Crippen MR) is 233 cm³/mol. The molecular weight excluding hydrogens is 681 g/mol. The molecule has 0 atom stereocenters. The maximum Gasteiger partial charge on any atom is 0.0991 e. The largest absolute Gasteiger partial charge is 0.311 e. The predicted octanol–water partition coefficient (Wildman–Crippen LogP) is 13.7. The number of rotatable bonds is 10. The van der Waals surface area contributed by atoms with Crippen molar-refractivity contribution in [3.63, 3.8) is 0 Å². The molecule has 1 aromatic heterocycles. The highest BCUT2D eigenvalue weighted by Gasteiger charge is 2.19. The van der Waals surface area contributed by atoms with Gasteiger partial charge in [-0.25, -0.2) is 0 Å². The second-order valence-electron chi connectivity index (χ2n) is 13.6. The molecule has 0 N–H and O–H groups in total. The van der Waals surface area contributed by atoms with Gasteiger partial charge in [0.25, 0.3) is 0 Å². The first kappa shape index (κ1) is 35.4. The molecule has 0 amide bonds. The van der Waals surface area contributed by atoms with E-state index in [0.29, 0.717) is 16.8 Å². The van der Waals surface area contributed by atoms with Crippen LogP contribution in [0.2, 0.25) is 0 Å². The molecular formula is C52H38N4. The van der Waals surface area contributed by atoms with Crippen LogP contribution in [0.15, 0.2) is 206 Å². The lowest BCUT2D eigenvalue weighted by Crippen LogP contribution is -2.15. The monoisotopic (exact) mass is 718 g/mol. The highest BCUT2D eigenvalue weighted by atomic mass is 15.1. The summed E-state index contributed by atoms with van der Waals surface area (Å²) >= 11 is 0. The Labute approximate surface area is 328 Å². The topological polar surface area (TPSA) is 55.8 Å². The molecule has 8 rings (SSSR count). The second kappa shape index (κ2) is 15.7. The molecule has 0 fully saturated rings. The van der Waals surface area contributed by atoms with Gasteiger partial charge >= 0.3 is 0 Å². The summed E-state index contributed by atoms with van der Waals surface area (Å²) in [5.74, 6) is 0. The lowest BCUT2D eigenvalue weighted by molar-refractivity contribution is 1.16. The van der Waals surface area contributed by atoms with Gasteiger partial charge in [0.2, 0.25) is 0 Å². The molecule has 0 saturated heterocycles. The van der Waals surface area contributed by atoms with E-state index in [1.54, 1.807) is 0 Å². The summed E-state index contributed by atoms with van der Waals surface area (Å²) in [7, 11) is 0. The van der Waals surface area contributed by atoms with Gasteiger partial charge < -0.3 is 9.47 Å². The van der Waals surface area contributed by atoms with Gasteiger partial charge in [-0.3, -0.25) is 0 Å². The molecule has 0 unspecified atom stereocenters. The number of nitriles is 2. The van der Waals surface area contributed by atoms with Crippen molar-refractivity contribution < 1.29 is 0 Å². The minimum absolute atomic E-state index is 0.587. The Morgan fingerprint density at radius 1 is 0.571 bits per heavy atom. The van der Waals surface area contributed by atoms with Gasteiger partial charge in [-0.1, -0.05) is 117 Å². The van der Waals surface area contributed by atoms with Crippen molar-refractivity contribution in [3.8, 4) is 51.2 Å². The molecule has 266 valence electrons. The average molecular weight is 719 g/mol. The number of hydrogen-bond acceptors (Lipinski definition) is 3. The van der Waals surface area contributed by atoms with Crippen molar-refractivity contribution in [1.82, 2.24) is 4.57 Å². The Morgan fingerprint density at radius 2 is 1.14 bits per heavy atom. The van der Waals surface area contributed by atoms with Crippen LogP contribution in [-0.4, -0.2) is 4.57 Å². The molecule has 0 aliphatic carbocycles. The van der Waals surface area contributed by atoms with Crippen LogP contribution in [0.1, 0.15) is 18.9 Å². The van der Waals surface area contributed by atoms with Gasteiger partial charge in [0, 0.05) is 39.1 Å². The third-order valence-electron chi connectivity index (χ3n) is 10.0. The third kappa shape index (κ3) is 7.04. The molecule has 0 aliphatic rings. The standard InChI is InChI=1S/C52H38N4/c1-3-15-38(35-53)25-24-37(2)55(46-20-11-6-12-21-46)47-32-45(44-30-42(40-16-7-4-8-17-40)29-43(31-44)41-18-9-5-10-19-41)33-48(34-47)56-51-23-14-13-22-49(51)50-28-39(36-54)26-27-52(50)56/h4-34H,2-3H2,1H3/b25-24-,38-15+. The van der Waals surface area contributed by atoms with Crippen molar-refractivity contribution in [3.05, 3.63) is 211 Å². The number of anilines is 2. The van der Waals surface area contributed by atoms with E-state index in [0.717, 1.165) is 78.7 Å². The SMILES string of the molecule is C=C(/C=C\C(C#N)=C/CC)N(c1ccccc1)c1cc(-c2cc(-c3ccccc3)cc(-c3ccccc3)c2)cc(-n2c3ccccc3c3cc(C#N)ccc32)c1. The summed E-state index contributed by atoms with van der Waals surface area (Å²) in [5.41, 5.74) is 13.4. The molecule has 0 bridgehead atoms. The van der Waals surface area contributed by atoms with Crippen molar-refractivity contribution in [2.24, 2.45) is 0 Å². The van der Waals surface area contributed by atoms with E-state index in [4.69, 9.17) is 0 Å². The number of hydrogen-bond donors (Lipinski definition) is 0. The van der Waals surface area contributed by atoms with Crippen LogP contribution < -0.4 is 4.90 Å². The fourth-order valence-electron chi connectivity index (χ4n) is 7.42. The van der Waals surface area contributed by atoms with Crippen LogP contribution in [0.3, 0.4) is 0 Å². The van der Waals surface area contributed by atoms with E-state index in [2.05, 4.69) is 143 Å². The Bertz CT molecular complexity index is 2810. The van der Waals surface area contributed by atoms with Gasteiger partial charge in [0.1, 0.15) is 0 Å². The van der Waals surface area contributed by atoms with Crippen LogP contribution in [-0.2, 0) is 0 Å². The highest BCUT2D eigenvalue weighted by Crippen LogP contribution is 2.41. The zero-order valence-electron chi connectivity index (χ0n) is 31.1. The minimum atomic E-state index is 0.587. The molecule has 1 heterocycles. The van der Waals surface area contributed by atoms with Crippen molar-refractivity contribution >= 4 is 33.2 Å². The number of aromatic nitrogens is 1. The molecule has 0 spiro atoms. The number of fused-ring (bicyclic) bond motifs is 3. The second-order valence-corrected chi connectivity index (χ2v) is 13.6. The molecule has 56 heavy (non-hydrogen) atoms. The average Bonchev–Trinajstić information content (AvgIpc) is 3.59. The molecule has 0 radical (unpaired) electrons. The van der Waals surface area contributed by atoms with E-state index in [9.17, 15) is 10.5 Å². The maximum atomic E-state index is 9.85. The summed E-state index contributed by atoms with van der Waals surface area (Å²) in [5, 5.41) is 21.8. The summed E-state index contributed by atoms with van der Waals surface area (Å²) in [4.78, 5) is 2.14. The maximum absolute atomic E-state index is 9.85. The van der Waals surface area contributed by atoms with Crippen molar-refractivity contribution in [2.45, 2.75) is 13.3 Å². The normalized spacial score (nSPS) is 11.4. The fraction of sp³-hybridized carbons (Fsp3) is 0.0385. The van der Waals surface area contributed by atoms with E-state index in [-0.39, 0.29) is 0 Å². The van der Waals surface area contributed by atoms with Gasteiger partial charge in [-0.15, -0.1) is 0 Å². The number of nitrogens with zero attached hydrogens (tertiary/aromatic N) is 4. The molecule has 4 heteroatoms. The third-order valence-corrected chi connectivity index (χ3v) is 10.0. The highest BCUT2D eigenvalue weighted by molar-refractivity contribution is 6.10.